The van der Waals surface area contributed by atoms with Gasteiger partial charge in [0.05, 0.1) is 0 Å². The molecule has 3 aromatic rings. The summed E-state index contributed by atoms with van der Waals surface area (Å²) in [4.78, 5) is 36.4. The van der Waals surface area contributed by atoms with Crippen molar-refractivity contribution in [2.45, 2.75) is 104 Å². The Hall–Kier alpha value is -3.27. The predicted octanol–water partition coefficient (Wildman–Crippen LogP) is 6.07. The van der Waals surface area contributed by atoms with Gasteiger partial charge in [0.15, 0.2) is 29.3 Å². The summed E-state index contributed by atoms with van der Waals surface area (Å²) in [5.74, 6) is 3.51. The first-order valence-corrected chi connectivity index (χ1v) is 14.9. The summed E-state index contributed by atoms with van der Waals surface area (Å²) in [5.41, 5.74) is 6.66. The zero-order valence-corrected chi connectivity index (χ0v) is 24.3. The van der Waals surface area contributed by atoms with Crippen LogP contribution in [0.15, 0.2) is 18.3 Å². The summed E-state index contributed by atoms with van der Waals surface area (Å²) < 4.78 is 2.31. The molecule has 2 atom stereocenters. The van der Waals surface area contributed by atoms with Crippen LogP contribution < -0.4 is 16.1 Å². The van der Waals surface area contributed by atoms with E-state index in [1.54, 1.807) is 0 Å². The lowest BCUT2D eigenvalue weighted by Crippen LogP contribution is -2.32. The number of nitrogens with one attached hydrogen (secondary N) is 3. The van der Waals surface area contributed by atoms with Gasteiger partial charge in [-0.25, -0.2) is 19.7 Å². The number of carbonyl (C=O) groups excluding carboxylic acids is 1. The fraction of sp³-hybridized carbons (Fsp3) is 0.633. The molecule has 1 saturated heterocycles. The van der Waals surface area contributed by atoms with Crippen LogP contribution in [0.2, 0.25) is 0 Å². The molecule has 1 amide bonds. The van der Waals surface area contributed by atoms with Crippen molar-refractivity contribution in [3.63, 3.8) is 0 Å². The number of imidazole rings is 1. The third-order valence-corrected chi connectivity index (χ3v) is 9.21. The molecular weight excluding hydrogens is 504 g/mol. The van der Waals surface area contributed by atoms with Gasteiger partial charge >= 0.3 is 6.09 Å². The first-order chi connectivity index (χ1) is 19.2. The number of hydrogen-bond acceptors (Lipinski definition) is 8. The number of anilines is 1. The first kappa shape index (κ1) is 26.9. The molecule has 4 heterocycles. The lowest BCUT2D eigenvalue weighted by molar-refractivity contribution is 0.120. The van der Waals surface area contributed by atoms with Crippen molar-refractivity contribution < 1.29 is 9.63 Å². The zero-order chi connectivity index (χ0) is 28.0. The van der Waals surface area contributed by atoms with Crippen molar-refractivity contribution in [1.29, 1.82) is 0 Å². The van der Waals surface area contributed by atoms with Crippen molar-refractivity contribution >= 4 is 23.1 Å². The summed E-state index contributed by atoms with van der Waals surface area (Å²) in [6.07, 6.45) is 9.20. The van der Waals surface area contributed by atoms with Crippen molar-refractivity contribution in [1.82, 2.24) is 35.3 Å². The van der Waals surface area contributed by atoms with E-state index in [0.29, 0.717) is 34.6 Å². The molecule has 3 fully saturated rings. The molecule has 0 spiro atoms. The normalized spacial score (nSPS) is 22.2. The number of nitrogens with zero attached hydrogens (tertiary/aromatic N) is 5. The number of fused-ring (bicyclic) bond motifs is 1. The molecule has 0 bridgehead atoms. The Bertz CT molecular complexity index is 1390. The number of carbonyl (C=O) groups is 1. The molecule has 3 aromatic heterocycles. The van der Waals surface area contributed by atoms with Crippen molar-refractivity contribution in [3.05, 3.63) is 29.7 Å². The van der Waals surface area contributed by atoms with Crippen LogP contribution in [0.3, 0.4) is 0 Å². The Morgan fingerprint density at radius 3 is 2.55 bits per heavy atom. The van der Waals surface area contributed by atoms with Crippen molar-refractivity contribution in [2.75, 3.05) is 5.32 Å². The minimum atomic E-state index is -0.645. The van der Waals surface area contributed by atoms with Gasteiger partial charge in [-0.15, -0.1) is 5.48 Å². The van der Waals surface area contributed by atoms with Crippen molar-refractivity contribution in [3.8, 4) is 11.5 Å². The van der Waals surface area contributed by atoms with E-state index in [0.717, 1.165) is 29.4 Å². The van der Waals surface area contributed by atoms with Gasteiger partial charge in [0.25, 0.3) is 0 Å². The third kappa shape index (κ3) is 5.38. The summed E-state index contributed by atoms with van der Waals surface area (Å²) in [6, 6.07) is 4.48. The monoisotopic (exact) mass is 546 g/mol. The average Bonchev–Trinajstić information content (AvgIpc) is 3.48. The minimum Gasteiger partial charge on any atom is -0.365 e. The molecule has 1 unspecified atom stereocenters. The van der Waals surface area contributed by atoms with Gasteiger partial charge in [-0.3, -0.25) is 10.3 Å². The Kier molecular flexibility index (Phi) is 7.14. The average molecular weight is 547 g/mol. The molecule has 10 heteroatoms. The maximum Gasteiger partial charge on any atom is 0.427 e. The summed E-state index contributed by atoms with van der Waals surface area (Å²) in [6.45, 7) is 12.2. The Morgan fingerprint density at radius 2 is 1.90 bits per heavy atom. The van der Waals surface area contributed by atoms with E-state index in [2.05, 4.69) is 67.4 Å². The van der Waals surface area contributed by atoms with Gasteiger partial charge in [-0.2, -0.15) is 0 Å². The van der Waals surface area contributed by atoms with Crippen LogP contribution in [-0.4, -0.2) is 36.6 Å². The van der Waals surface area contributed by atoms with Gasteiger partial charge in [-0.1, -0.05) is 34.1 Å². The standard InChI is InChI=1S/C30H42N8O2/c1-17(2)21-11-14-31-22(15-21)28-35-25-23(38(28)16-19-9-12-30(4,5)13-10-19)24(32-18(3)20-7-6-8-20)33-26(34-25)27-36-29(39)40-37-27/h11,14-15,17-20,27,37H,6-10,12-13,16H2,1-5H3,(H,36,39)(H,32,33,34)/t18-,27?/m1/s1. The quantitative estimate of drug-likeness (QED) is 0.311. The Labute approximate surface area is 236 Å². The number of aromatic nitrogens is 5. The summed E-state index contributed by atoms with van der Waals surface area (Å²) in [7, 11) is 0. The van der Waals surface area contributed by atoms with E-state index in [9.17, 15) is 4.79 Å². The van der Waals surface area contributed by atoms with Gasteiger partial charge in [0, 0.05) is 18.8 Å². The van der Waals surface area contributed by atoms with Crippen LogP contribution in [0.25, 0.3) is 22.7 Å². The van der Waals surface area contributed by atoms with E-state index >= 15 is 0 Å². The summed E-state index contributed by atoms with van der Waals surface area (Å²) >= 11 is 0. The molecule has 0 aromatic carbocycles. The van der Waals surface area contributed by atoms with Gasteiger partial charge < -0.3 is 14.7 Å². The Balaban J connectivity index is 1.48. The second kappa shape index (κ2) is 10.6. The molecule has 2 saturated carbocycles. The summed E-state index contributed by atoms with van der Waals surface area (Å²) in [5, 5.41) is 6.47. The largest absolute Gasteiger partial charge is 0.427 e. The first-order valence-electron chi connectivity index (χ1n) is 14.9. The number of hydrogen-bond donors (Lipinski definition) is 3. The molecule has 10 nitrogen and oxygen atoms in total. The predicted molar refractivity (Wildman–Crippen MR) is 154 cm³/mol. The second-order valence-corrected chi connectivity index (χ2v) is 13.1. The molecule has 214 valence electrons. The molecule has 0 radical (unpaired) electrons. The van der Waals surface area contributed by atoms with E-state index in [-0.39, 0.29) is 6.04 Å². The van der Waals surface area contributed by atoms with E-state index in [4.69, 9.17) is 24.8 Å². The fourth-order valence-corrected chi connectivity index (χ4v) is 6.16. The van der Waals surface area contributed by atoms with Gasteiger partial charge in [-0.05, 0) is 86.3 Å². The van der Waals surface area contributed by atoms with Crippen LogP contribution in [0.4, 0.5) is 10.6 Å². The van der Waals surface area contributed by atoms with E-state index in [1.165, 1.54) is 50.5 Å². The molecule has 3 aliphatic rings. The topological polar surface area (TPSA) is 119 Å². The number of amides is 1. The van der Waals surface area contributed by atoms with Gasteiger partial charge in [0.2, 0.25) is 0 Å². The van der Waals surface area contributed by atoms with E-state index in [1.807, 2.05) is 6.20 Å². The smallest absolute Gasteiger partial charge is 0.365 e. The fourth-order valence-electron chi connectivity index (χ4n) is 6.16. The highest BCUT2D eigenvalue weighted by Crippen LogP contribution is 2.40. The maximum atomic E-state index is 11.8. The van der Waals surface area contributed by atoms with Gasteiger partial charge in [0.1, 0.15) is 11.2 Å². The maximum absolute atomic E-state index is 11.8. The number of pyridine rings is 1. The van der Waals surface area contributed by atoms with E-state index < -0.39 is 12.3 Å². The highest BCUT2D eigenvalue weighted by atomic mass is 16.7. The lowest BCUT2D eigenvalue weighted by atomic mass is 9.73. The van der Waals surface area contributed by atoms with Crippen LogP contribution >= 0.6 is 0 Å². The zero-order valence-electron chi connectivity index (χ0n) is 24.3. The van der Waals surface area contributed by atoms with Crippen LogP contribution in [-0.2, 0) is 11.4 Å². The molecule has 1 aliphatic heterocycles. The minimum absolute atomic E-state index is 0.256. The Morgan fingerprint density at radius 1 is 1.12 bits per heavy atom. The molecule has 3 N–H and O–H groups in total. The molecule has 2 aliphatic carbocycles. The highest BCUT2D eigenvalue weighted by molar-refractivity contribution is 5.87. The number of rotatable bonds is 8. The van der Waals surface area contributed by atoms with Crippen LogP contribution in [0.1, 0.15) is 103 Å². The number of hydroxylamine groups is 1. The third-order valence-electron chi connectivity index (χ3n) is 9.21. The van der Waals surface area contributed by atoms with Crippen LogP contribution in [0, 0.1) is 17.3 Å². The van der Waals surface area contributed by atoms with Crippen molar-refractivity contribution in [2.24, 2.45) is 17.3 Å². The molecular formula is C30H42N8O2. The second-order valence-electron chi connectivity index (χ2n) is 13.1. The lowest BCUT2D eigenvalue weighted by Gasteiger charge is -2.35. The highest BCUT2D eigenvalue weighted by Gasteiger charge is 2.33. The van der Waals surface area contributed by atoms with Crippen LogP contribution in [0.5, 0.6) is 0 Å². The molecule has 40 heavy (non-hydrogen) atoms. The molecule has 6 rings (SSSR count). The SMILES string of the molecule is CC(C)c1ccnc(-c2nc3nc(C4NOC(=O)N4)nc(N[C@H](C)C4CCC4)c3n2CC2CCC(C)(C)CC2)c1.